The van der Waals surface area contributed by atoms with Gasteiger partial charge in [-0.05, 0) is 68.7 Å². The third kappa shape index (κ3) is 8.71. The zero-order valence-electron chi connectivity index (χ0n) is 27.8. The summed E-state index contributed by atoms with van der Waals surface area (Å²) in [6.45, 7) is 6.99. The van der Waals surface area contributed by atoms with E-state index in [1.54, 1.807) is 24.3 Å². The van der Waals surface area contributed by atoms with Crippen molar-refractivity contribution in [3.05, 3.63) is 119 Å². The van der Waals surface area contributed by atoms with Gasteiger partial charge < -0.3 is 19.7 Å². The van der Waals surface area contributed by atoms with E-state index in [-0.39, 0.29) is 41.2 Å². The first-order valence-electron chi connectivity index (χ1n) is 15.4. The molecule has 9 nitrogen and oxygen atoms in total. The van der Waals surface area contributed by atoms with E-state index in [1.165, 1.54) is 37.3 Å². The van der Waals surface area contributed by atoms with Gasteiger partial charge in [-0.1, -0.05) is 72.3 Å². The van der Waals surface area contributed by atoms with Gasteiger partial charge in [0.2, 0.25) is 11.8 Å². The van der Waals surface area contributed by atoms with Crippen LogP contribution in [0.3, 0.4) is 0 Å². The Hall–Kier alpha value is -4.83. The Balaban J connectivity index is 1.88. The van der Waals surface area contributed by atoms with E-state index in [0.29, 0.717) is 5.75 Å². The summed E-state index contributed by atoms with van der Waals surface area (Å²) in [5.41, 5.74) is 3.64. The van der Waals surface area contributed by atoms with Gasteiger partial charge in [-0.15, -0.1) is 0 Å². The molecule has 1 N–H and O–H groups in total. The summed E-state index contributed by atoms with van der Waals surface area (Å²) in [6.07, 6.45) is 0.226. The molecule has 0 heterocycles. The summed E-state index contributed by atoms with van der Waals surface area (Å²) >= 11 is 0. The van der Waals surface area contributed by atoms with Crippen LogP contribution in [0.15, 0.2) is 102 Å². The van der Waals surface area contributed by atoms with Crippen LogP contribution in [0.25, 0.3) is 0 Å². The number of ether oxygens (including phenoxy) is 2. The molecule has 0 aliphatic carbocycles. The van der Waals surface area contributed by atoms with Gasteiger partial charge in [-0.25, -0.2) is 8.42 Å². The van der Waals surface area contributed by atoms with Crippen LogP contribution in [0.1, 0.15) is 36.1 Å². The molecule has 10 heteroatoms. The summed E-state index contributed by atoms with van der Waals surface area (Å²) in [5, 5.41) is 2.98. The molecule has 4 aromatic rings. The van der Waals surface area contributed by atoms with Gasteiger partial charge in [0.1, 0.15) is 24.1 Å². The highest BCUT2D eigenvalue weighted by atomic mass is 32.2. The van der Waals surface area contributed by atoms with Gasteiger partial charge in [0.25, 0.3) is 10.0 Å². The molecule has 0 aliphatic heterocycles. The molecular formula is C37H43N3O6S. The number of anilines is 1. The number of amides is 2. The van der Waals surface area contributed by atoms with Crippen LogP contribution >= 0.6 is 0 Å². The lowest BCUT2D eigenvalue weighted by molar-refractivity contribution is -0.140. The molecule has 0 saturated heterocycles. The molecule has 248 valence electrons. The second kappa shape index (κ2) is 15.6. The van der Waals surface area contributed by atoms with Gasteiger partial charge in [0, 0.05) is 25.1 Å². The molecule has 0 aliphatic rings. The Morgan fingerprint density at radius 3 is 2.11 bits per heavy atom. The van der Waals surface area contributed by atoms with Crippen molar-refractivity contribution in [3.63, 3.8) is 0 Å². The highest BCUT2D eigenvalue weighted by molar-refractivity contribution is 7.92. The van der Waals surface area contributed by atoms with Crippen molar-refractivity contribution in [2.24, 2.45) is 0 Å². The Morgan fingerprint density at radius 1 is 0.830 bits per heavy atom. The van der Waals surface area contributed by atoms with Gasteiger partial charge in [-0.3, -0.25) is 13.9 Å². The number of carbonyl (C=O) groups is 2. The number of sulfonamides is 1. The molecular weight excluding hydrogens is 614 g/mol. The minimum Gasteiger partial charge on any atom is -0.497 e. The lowest BCUT2D eigenvalue weighted by atomic mass is 10.0. The topological polar surface area (TPSA) is 105 Å². The maximum Gasteiger partial charge on any atom is 0.264 e. The van der Waals surface area contributed by atoms with Crippen molar-refractivity contribution in [2.75, 3.05) is 25.1 Å². The Bertz CT molecular complexity index is 1780. The van der Waals surface area contributed by atoms with Gasteiger partial charge >= 0.3 is 0 Å². The number of aryl methyl sites for hydroxylation is 2. The highest BCUT2D eigenvalue weighted by Gasteiger charge is 2.36. The number of methoxy groups -OCH3 is 2. The second-order valence-electron chi connectivity index (χ2n) is 11.7. The van der Waals surface area contributed by atoms with Gasteiger partial charge in [-0.2, -0.15) is 0 Å². The van der Waals surface area contributed by atoms with Crippen LogP contribution < -0.4 is 19.1 Å². The van der Waals surface area contributed by atoms with Crippen molar-refractivity contribution in [1.29, 1.82) is 0 Å². The number of hydrogen-bond acceptors (Lipinski definition) is 6. The van der Waals surface area contributed by atoms with Crippen LogP contribution in [0.5, 0.6) is 11.5 Å². The number of nitrogens with zero attached hydrogens (tertiary/aromatic N) is 2. The molecule has 2 amide bonds. The third-order valence-electron chi connectivity index (χ3n) is 7.85. The molecule has 0 fully saturated rings. The zero-order valence-corrected chi connectivity index (χ0v) is 28.6. The van der Waals surface area contributed by atoms with Crippen molar-refractivity contribution in [3.8, 4) is 11.5 Å². The van der Waals surface area contributed by atoms with E-state index in [1.807, 2.05) is 82.3 Å². The van der Waals surface area contributed by atoms with E-state index in [9.17, 15) is 18.0 Å². The molecule has 1 atom stereocenters. The quantitative estimate of drug-likeness (QED) is 0.187. The Morgan fingerprint density at radius 2 is 1.49 bits per heavy atom. The highest BCUT2D eigenvalue weighted by Crippen LogP contribution is 2.36. The van der Waals surface area contributed by atoms with Gasteiger partial charge in [0.15, 0.2) is 0 Å². The summed E-state index contributed by atoms with van der Waals surface area (Å²) < 4.78 is 40.9. The first-order valence-corrected chi connectivity index (χ1v) is 16.9. The van der Waals surface area contributed by atoms with E-state index in [4.69, 9.17) is 9.47 Å². The minimum absolute atomic E-state index is 0.00427. The number of benzene rings is 4. The number of rotatable bonds is 14. The normalized spacial score (nSPS) is 11.9. The molecule has 4 rings (SSSR count). The third-order valence-corrected chi connectivity index (χ3v) is 9.62. The fourth-order valence-corrected chi connectivity index (χ4v) is 6.66. The smallest absolute Gasteiger partial charge is 0.264 e. The van der Waals surface area contributed by atoms with Crippen molar-refractivity contribution < 1.29 is 27.5 Å². The minimum atomic E-state index is -4.31. The lowest BCUT2D eigenvalue weighted by Crippen LogP contribution is -2.54. The largest absolute Gasteiger partial charge is 0.497 e. The fourth-order valence-electron chi connectivity index (χ4n) is 5.25. The monoisotopic (exact) mass is 657 g/mol. The predicted octanol–water partition coefficient (Wildman–Crippen LogP) is 5.68. The van der Waals surface area contributed by atoms with Crippen LogP contribution in [0, 0.1) is 13.8 Å². The van der Waals surface area contributed by atoms with Crippen LogP contribution in [-0.4, -0.2) is 58.0 Å². The van der Waals surface area contributed by atoms with Crippen LogP contribution in [-0.2, 0) is 32.6 Å². The van der Waals surface area contributed by atoms with Crippen molar-refractivity contribution in [2.45, 2.75) is 57.6 Å². The molecule has 0 spiro atoms. The summed E-state index contributed by atoms with van der Waals surface area (Å²) in [7, 11) is -1.41. The Labute approximate surface area is 278 Å². The summed E-state index contributed by atoms with van der Waals surface area (Å²) in [6, 6.07) is 27.1. The number of hydrogen-bond donors (Lipinski definition) is 1. The average Bonchev–Trinajstić information content (AvgIpc) is 3.05. The molecule has 4 aromatic carbocycles. The zero-order chi connectivity index (χ0) is 34.1. The number of nitrogens with one attached hydrogen (secondary N) is 1. The van der Waals surface area contributed by atoms with Gasteiger partial charge in [0.05, 0.1) is 24.8 Å². The van der Waals surface area contributed by atoms with E-state index in [2.05, 4.69) is 5.32 Å². The molecule has 0 unspecified atom stereocenters. The Kier molecular flexibility index (Phi) is 11.7. The second-order valence-corrected chi connectivity index (χ2v) is 13.5. The first kappa shape index (κ1) is 35.0. The van der Waals surface area contributed by atoms with Crippen LogP contribution in [0.2, 0.25) is 0 Å². The predicted molar refractivity (Wildman–Crippen MR) is 184 cm³/mol. The standard InChI is InChI=1S/C37H43N3O6S/c1-26(2)38-37(42)34(22-29-13-8-7-9-14-29)39(24-30-15-11-10-12-28(30)4)36(41)25-40(33-23-31(45-5)18-21-35(33)46-6)47(43,44)32-19-16-27(3)17-20-32/h7-21,23,26,34H,22,24-25H2,1-6H3,(H,38,42)/t34-/m0/s1. The summed E-state index contributed by atoms with van der Waals surface area (Å²) in [5.74, 6) is -0.281. The molecule has 0 bridgehead atoms. The molecule has 0 saturated carbocycles. The molecule has 0 aromatic heterocycles. The van der Waals surface area contributed by atoms with Crippen LogP contribution in [0.4, 0.5) is 5.69 Å². The van der Waals surface area contributed by atoms with E-state index < -0.39 is 28.5 Å². The van der Waals surface area contributed by atoms with Crippen molar-refractivity contribution >= 4 is 27.5 Å². The fraction of sp³-hybridized carbons (Fsp3) is 0.297. The number of carbonyl (C=O) groups excluding carboxylic acids is 2. The maximum atomic E-state index is 14.7. The average molecular weight is 658 g/mol. The lowest BCUT2D eigenvalue weighted by Gasteiger charge is -2.34. The molecule has 0 radical (unpaired) electrons. The SMILES string of the molecule is COc1ccc(OC)c(N(CC(=O)N(Cc2ccccc2C)[C@@H](Cc2ccccc2)C(=O)NC(C)C)S(=O)(=O)c2ccc(C)cc2)c1. The summed E-state index contributed by atoms with van der Waals surface area (Å²) in [4.78, 5) is 30.1. The van der Waals surface area contributed by atoms with E-state index in [0.717, 1.165) is 26.6 Å². The maximum absolute atomic E-state index is 14.7. The van der Waals surface area contributed by atoms with Crippen molar-refractivity contribution in [1.82, 2.24) is 10.2 Å². The van der Waals surface area contributed by atoms with E-state index >= 15 is 0 Å². The first-order chi connectivity index (χ1) is 22.4. The molecule has 47 heavy (non-hydrogen) atoms.